The number of benzene rings is 1. The summed E-state index contributed by atoms with van der Waals surface area (Å²) in [6, 6.07) is 12.3. The Kier molecular flexibility index (Phi) is 4.71. The third kappa shape index (κ3) is 3.58. The first-order chi connectivity index (χ1) is 11.0. The fourth-order valence-corrected chi connectivity index (χ4v) is 4.09. The van der Waals surface area contributed by atoms with E-state index in [1.165, 1.54) is 15.3 Å². The Morgan fingerprint density at radius 2 is 1.96 bits per heavy atom. The second kappa shape index (κ2) is 6.75. The zero-order chi connectivity index (χ0) is 16.4. The molecule has 0 aliphatic carbocycles. The second-order valence-electron chi connectivity index (χ2n) is 6.21. The number of amides is 1. The van der Waals surface area contributed by atoms with E-state index in [0.717, 1.165) is 25.1 Å². The van der Waals surface area contributed by atoms with Crippen molar-refractivity contribution in [3.63, 3.8) is 0 Å². The Morgan fingerprint density at radius 1 is 1.22 bits per heavy atom. The molecule has 0 bridgehead atoms. The van der Waals surface area contributed by atoms with E-state index >= 15 is 0 Å². The van der Waals surface area contributed by atoms with Crippen molar-refractivity contribution in [1.82, 2.24) is 4.90 Å². The third-order valence-electron chi connectivity index (χ3n) is 4.31. The van der Waals surface area contributed by atoms with E-state index in [0.29, 0.717) is 0 Å². The van der Waals surface area contributed by atoms with Gasteiger partial charge in [0.2, 0.25) is 0 Å². The summed E-state index contributed by atoms with van der Waals surface area (Å²) in [5.74, 6) is 0.832. The molecule has 1 aliphatic rings. The van der Waals surface area contributed by atoms with Gasteiger partial charge in [-0.2, -0.15) is 0 Å². The van der Waals surface area contributed by atoms with Crippen molar-refractivity contribution < 1.29 is 9.53 Å². The Hall–Kier alpha value is -1.81. The van der Waals surface area contributed by atoms with Crippen LogP contribution in [0.25, 0.3) is 0 Å². The first-order valence-electron chi connectivity index (χ1n) is 8.15. The normalized spacial score (nSPS) is 18.9. The summed E-state index contributed by atoms with van der Waals surface area (Å²) in [7, 11) is 0. The summed E-state index contributed by atoms with van der Waals surface area (Å²) in [6.45, 7) is 6.81. The standard InChI is InChI=1S/C19H23NO2S/c1-13-6-9-16(10-7-13)22-15(3)19(21)20-12-4-5-17(20)18-11-8-14(2)23-18/h6-11,15,17H,4-5,12H2,1-3H3. The van der Waals surface area contributed by atoms with Crippen LogP contribution in [0.5, 0.6) is 5.75 Å². The van der Waals surface area contributed by atoms with E-state index < -0.39 is 6.10 Å². The lowest BCUT2D eigenvalue weighted by molar-refractivity contribution is -0.138. The van der Waals surface area contributed by atoms with Gasteiger partial charge in [0.1, 0.15) is 5.75 Å². The molecule has 1 amide bonds. The van der Waals surface area contributed by atoms with Gasteiger partial charge in [0.25, 0.3) is 5.91 Å². The van der Waals surface area contributed by atoms with Crippen LogP contribution in [0.2, 0.25) is 0 Å². The summed E-state index contributed by atoms with van der Waals surface area (Å²) >= 11 is 1.79. The Morgan fingerprint density at radius 3 is 2.61 bits per heavy atom. The number of hydrogen-bond donors (Lipinski definition) is 0. The lowest BCUT2D eigenvalue weighted by Crippen LogP contribution is -2.39. The lowest BCUT2D eigenvalue weighted by Gasteiger charge is -2.27. The zero-order valence-electron chi connectivity index (χ0n) is 13.9. The number of nitrogens with zero attached hydrogens (tertiary/aromatic N) is 1. The second-order valence-corrected chi connectivity index (χ2v) is 7.53. The van der Waals surface area contributed by atoms with E-state index in [1.54, 1.807) is 11.3 Å². The largest absolute Gasteiger partial charge is 0.481 e. The van der Waals surface area contributed by atoms with Crippen molar-refractivity contribution in [2.45, 2.75) is 45.8 Å². The van der Waals surface area contributed by atoms with Crippen LogP contribution in [0.4, 0.5) is 0 Å². The minimum Gasteiger partial charge on any atom is -0.481 e. The molecule has 0 radical (unpaired) electrons. The Bertz CT molecular complexity index is 677. The van der Waals surface area contributed by atoms with Crippen LogP contribution in [-0.4, -0.2) is 23.5 Å². The van der Waals surface area contributed by atoms with E-state index in [2.05, 4.69) is 19.1 Å². The number of hydrogen-bond acceptors (Lipinski definition) is 3. The van der Waals surface area contributed by atoms with Crippen molar-refractivity contribution in [1.29, 1.82) is 0 Å². The number of thiophene rings is 1. The van der Waals surface area contributed by atoms with Crippen LogP contribution in [-0.2, 0) is 4.79 Å². The number of aryl methyl sites for hydroxylation is 2. The van der Waals surface area contributed by atoms with Crippen molar-refractivity contribution in [2.24, 2.45) is 0 Å². The fraction of sp³-hybridized carbons (Fsp3) is 0.421. The molecule has 1 aliphatic heterocycles. The fourth-order valence-electron chi connectivity index (χ4n) is 3.06. The highest BCUT2D eigenvalue weighted by Gasteiger charge is 2.33. The molecule has 2 aromatic rings. The van der Waals surface area contributed by atoms with Crippen molar-refractivity contribution in [3.8, 4) is 5.75 Å². The highest BCUT2D eigenvalue weighted by atomic mass is 32.1. The monoisotopic (exact) mass is 329 g/mol. The first kappa shape index (κ1) is 16.1. The molecular weight excluding hydrogens is 306 g/mol. The molecule has 3 nitrogen and oxygen atoms in total. The molecule has 23 heavy (non-hydrogen) atoms. The van der Waals surface area contributed by atoms with Gasteiger partial charge >= 0.3 is 0 Å². The number of likely N-dealkylation sites (tertiary alicyclic amines) is 1. The van der Waals surface area contributed by atoms with Crippen molar-refractivity contribution in [3.05, 3.63) is 51.7 Å². The smallest absolute Gasteiger partial charge is 0.263 e. The number of rotatable bonds is 4. The molecule has 2 heterocycles. The molecule has 4 heteroatoms. The number of ether oxygens (including phenoxy) is 1. The van der Waals surface area contributed by atoms with E-state index in [-0.39, 0.29) is 11.9 Å². The first-order valence-corrected chi connectivity index (χ1v) is 8.96. The van der Waals surface area contributed by atoms with Crippen LogP contribution < -0.4 is 4.74 Å². The van der Waals surface area contributed by atoms with Crippen LogP contribution in [0.3, 0.4) is 0 Å². The minimum absolute atomic E-state index is 0.0825. The quantitative estimate of drug-likeness (QED) is 0.827. The SMILES string of the molecule is Cc1ccc(OC(C)C(=O)N2CCCC2c2ccc(C)s2)cc1. The maximum Gasteiger partial charge on any atom is 0.263 e. The van der Waals surface area contributed by atoms with Crippen LogP contribution in [0.15, 0.2) is 36.4 Å². The minimum atomic E-state index is -0.459. The lowest BCUT2D eigenvalue weighted by atomic mass is 10.1. The Balaban J connectivity index is 1.69. The van der Waals surface area contributed by atoms with Gasteiger partial charge in [0.05, 0.1) is 6.04 Å². The van der Waals surface area contributed by atoms with Gasteiger partial charge in [0, 0.05) is 16.3 Å². The predicted octanol–water partition coefficient (Wildman–Crippen LogP) is 4.50. The van der Waals surface area contributed by atoms with Crippen molar-refractivity contribution >= 4 is 17.2 Å². The molecule has 122 valence electrons. The Labute approximate surface area is 141 Å². The number of carbonyl (C=O) groups is 1. The molecular formula is C19H23NO2S. The molecule has 2 atom stereocenters. The van der Waals surface area contributed by atoms with E-state index in [1.807, 2.05) is 43.0 Å². The molecule has 3 rings (SSSR count). The van der Waals surface area contributed by atoms with Gasteiger partial charge < -0.3 is 9.64 Å². The van der Waals surface area contributed by atoms with Gasteiger partial charge in [-0.1, -0.05) is 17.7 Å². The highest BCUT2D eigenvalue weighted by Crippen LogP contribution is 2.36. The number of carbonyl (C=O) groups excluding carboxylic acids is 1. The molecule has 0 spiro atoms. The average Bonchev–Trinajstić information content (AvgIpc) is 3.17. The third-order valence-corrected chi connectivity index (χ3v) is 5.41. The zero-order valence-corrected chi connectivity index (χ0v) is 14.7. The average molecular weight is 329 g/mol. The summed E-state index contributed by atoms with van der Waals surface area (Å²) in [5.41, 5.74) is 1.18. The molecule has 0 N–H and O–H groups in total. The molecule has 1 saturated heterocycles. The predicted molar refractivity (Wildman–Crippen MR) is 94.0 cm³/mol. The molecule has 0 saturated carbocycles. The summed E-state index contributed by atoms with van der Waals surface area (Å²) in [4.78, 5) is 17.4. The van der Waals surface area contributed by atoms with Crippen LogP contribution in [0, 0.1) is 13.8 Å². The van der Waals surface area contributed by atoms with Gasteiger partial charge in [-0.3, -0.25) is 4.79 Å². The molecule has 1 aromatic carbocycles. The van der Waals surface area contributed by atoms with Gasteiger partial charge in [0.15, 0.2) is 6.10 Å². The highest BCUT2D eigenvalue weighted by molar-refractivity contribution is 7.12. The molecule has 2 unspecified atom stereocenters. The molecule has 1 aromatic heterocycles. The summed E-state index contributed by atoms with van der Waals surface area (Å²) in [5, 5.41) is 0. The van der Waals surface area contributed by atoms with Gasteiger partial charge in [-0.25, -0.2) is 0 Å². The topological polar surface area (TPSA) is 29.5 Å². The maximum atomic E-state index is 12.8. The van der Waals surface area contributed by atoms with Crippen LogP contribution >= 0.6 is 11.3 Å². The van der Waals surface area contributed by atoms with E-state index in [4.69, 9.17) is 4.74 Å². The summed E-state index contributed by atoms with van der Waals surface area (Å²) < 4.78 is 5.85. The summed E-state index contributed by atoms with van der Waals surface area (Å²) in [6.07, 6.45) is 1.65. The maximum absolute atomic E-state index is 12.8. The van der Waals surface area contributed by atoms with Crippen LogP contribution in [0.1, 0.15) is 41.1 Å². The van der Waals surface area contributed by atoms with Gasteiger partial charge in [-0.15, -0.1) is 11.3 Å². The molecule has 1 fully saturated rings. The van der Waals surface area contributed by atoms with Gasteiger partial charge in [-0.05, 0) is 57.9 Å². The van der Waals surface area contributed by atoms with Crippen molar-refractivity contribution in [2.75, 3.05) is 6.54 Å². The van der Waals surface area contributed by atoms with E-state index in [9.17, 15) is 4.79 Å².